The van der Waals surface area contributed by atoms with Gasteiger partial charge in [0.2, 0.25) is 5.60 Å². The molecule has 5 nitrogen and oxygen atoms in total. The molecule has 0 spiro atoms. The van der Waals surface area contributed by atoms with Crippen LogP contribution in [0.15, 0.2) is 0 Å². The summed E-state index contributed by atoms with van der Waals surface area (Å²) >= 11 is 0. The molecule has 2 unspecified atom stereocenters. The van der Waals surface area contributed by atoms with E-state index in [9.17, 15) is 53.5 Å². The lowest BCUT2D eigenvalue weighted by molar-refractivity contribution is -0.301. The Bertz CT molecular complexity index is 547. The van der Waals surface area contributed by atoms with Gasteiger partial charge in [0.25, 0.3) is 6.43 Å². The highest BCUT2D eigenvalue weighted by Gasteiger charge is 2.60. The Balaban J connectivity index is 0. The molecule has 180 valence electrons. The molecule has 0 aromatic rings. The van der Waals surface area contributed by atoms with E-state index in [1.807, 2.05) is 0 Å². The van der Waals surface area contributed by atoms with Gasteiger partial charge in [-0.25, -0.2) is 13.2 Å². The van der Waals surface area contributed by atoms with Gasteiger partial charge in [-0.1, -0.05) is 6.92 Å². The molecule has 0 saturated heterocycles. The Kier molecular flexibility index (Phi) is 11.7. The molecule has 0 radical (unpaired) electrons. The number of esters is 2. The Labute approximate surface area is 164 Å². The van der Waals surface area contributed by atoms with E-state index >= 15 is 0 Å². The molecule has 15 heteroatoms. The van der Waals surface area contributed by atoms with E-state index in [-0.39, 0.29) is 0 Å². The van der Waals surface area contributed by atoms with Crippen LogP contribution in [0.1, 0.15) is 33.6 Å². The summed E-state index contributed by atoms with van der Waals surface area (Å²) in [6, 6.07) is 0. The van der Waals surface area contributed by atoms with Crippen LogP contribution in [0.25, 0.3) is 0 Å². The fourth-order valence-corrected chi connectivity index (χ4v) is 1.07. The maximum absolute atomic E-state index is 12.3. The van der Waals surface area contributed by atoms with Crippen molar-refractivity contribution < 1.29 is 68.1 Å². The van der Waals surface area contributed by atoms with E-state index in [4.69, 9.17) is 9.84 Å². The molecule has 0 aliphatic rings. The van der Waals surface area contributed by atoms with Gasteiger partial charge in [0.1, 0.15) is 13.3 Å². The number of hydrogen-bond acceptors (Lipinski definition) is 5. The van der Waals surface area contributed by atoms with Crippen LogP contribution < -0.4 is 0 Å². The molecular weight excluding hydrogens is 450 g/mol. The molecule has 0 heterocycles. The molecule has 0 aromatic carbocycles. The maximum atomic E-state index is 12.3. The Morgan fingerprint density at radius 2 is 1.47 bits per heavy atom. The topological polar surface area (TPSA) is 72.8 Å². The van der Waals surface area contributed by atoms with Gasteiger partial charge in [0.15, 0.2) is 0 Å². The zero-order valence-corrected chi connectivity index (χ0v) is 15.8. The zero-order chi connectivity index (χ0) is 24.6. The molecular formula is C15H20F10O5. The van der Waals surface area contributed by atoms with Crippen LogP contribution in [-0.2, 0) is 19.1 Å². The number of halogens is 10. The highest BCUT2D eigenvalue weighted by atomic mass is 19.4. The molecule has 0 amide bonds. The van der Waals surface area contributed by atoms with Crippen molar-refractivity contribution >= 4 is 11.9 Å². The summed E-state index contributed by atoms with van der Waals surface area (Å²) in [4.78, 5) is 22.3. The molecule has 0 saturated carbocycles. The third-order valence-electron chi connectivity index (χ3n) is 3.52. The number of rotatable bonds is 8. The van der Waals surface area contributed by atoms with Crippen LogP contribution in [0.4, 0.5) is 43.9 Å². The highest BCUT2D eigenvalue weighted by molar-refractivity contribution is 5.76. The molecule has 0 rings (SSSR count). The van der Waals surface area contributed by atoms with Crippen molar-refractivity contribution in [1.82, 2.24) is 0 Å². The van der Waals surface area contributed by atoms with Gasteiger partial charge in [0, 0.05) is 0 Å². The second-order valence-corrected chi connectivity index (χ2v) is 6.33. The number of hydrogen-bond donors (Lipinski definition) is 1. The Hall–Kier alpha value is -1.80. The molecule has 0 aliphatic carbocycles. The minimum atomic E-state index is -5.64. The number of aliphatic hydroxyl groups is 1. The number of ether oxygens (including phenoxy) is 2. The van der Waals surface area contributed by atoms with Crippen LogP contribution in [0.2, 0.25) is 0 Å². The fraction of sp³-hybridized carbons (Fsp3) is 0.867. The zero-order valence-electron chi connectivity index (χ0n) is 15.8. The van der Waals surface area contributed by atoms with Crippen molar-refractivity contribution in [2.75, 3.05) is 13.3 Å². The highest BCUT2D eigenvalue weighted by Crippen LogP contribution is 2.35. The van der Waals surface area contributed by atoms with Crippen molar-refractivity contribution in [3.05, 3.63) is 0 Å². The van der Waals surface area contributed by atoms with Crippen LogP contribution >= 0.6 is 0 Å². The maximum Gasteiger partial charge on any atom is 0.457 e. The van der Waals surface area contributed by atoms with Gasteiger partial charge >= 0.3 is 30.6 Å². The van der Waals surface area contributed by atoms with Crippen molar-refractivity contribution in [3.8, 4) is 0 Å². The van der Waals surface area contributed by atoms with Crippen LogP contribution in [-0.4, -0.2) is 61.1 Å². The van der Waals surface area contributed by atoms with E-state index in [2.05, 4.69) is 4.74 Å². The minimum absolute atomic E-state index is 0.453. The number of carbonyl (C=O) groups is 2. The lowest BCUT2D eigenvalue weighted by Gasteiger charge is -2.25. The van der Waals surface area contributed by atoms with Crippen molar-refractivity contribution in [1.29, 1.82) is 0 Å². The first kappa shape index (κ1) is 30.4. The van der Waals surface area contributed by atoms with Gasteiger partial charge < -0.3 is 14.6 Å². The smallest absolute Gasteiger partial charge is 0.457 e. The summed E-state index contributed by atoms with van der Waals surface area (Å²) in [5, 5.41) is 7.98. The average Bonchev–Trinajstić information content (AvgIpc) is 2.59. The summed E-state index contributed by atoms with van der Waals surface area (Å²) < 4.78 is 124. The second-order valence-electron chi connectivity index (χ2n) is 6.33. The van der Waals surface area contributed by atoms with Crippen molar-refractivity contribution in [3.63, 3.8) is 0 Å². The minimum Gasteiger partial charge on any atom is -0.465 e. The summed E-state index contributed by atoms with van der Waals surface area (Å²) in [5.41, 5.74) is -5.27. The van der Waals surface area contributed by atoms with E-state index < -0.39 is 67.8 Å². The molecule has 0 fully saturated rings. The van der Waals surface area contributed by atoms with Crippen LogP contribution in [0.3, 0.4) is 0 Å². The average molecular weight is 470 g/mol. The SMILES string of the molecule is CCC(C)(C)C(=O)OCCC(=O)OC(F)C(F)(F)F.OC(CF)(C(F)F)C(F)(F)F. The van der Waals surface area contributed by atoms with Crippen LogP contribution in [0.5, 0.6) is 0 Å². The predicted molar refractivity (Wildman–Crippen MR) is 79.7 cm³/mol. The lowest BCUT2D eigenvalue weighted by Crippen LogP contribution is -2.53. The molecule has 2 atom stereocenters. The summed E-state index contributed by atoms with van der Waals surface area (Å²) in [6.45, 7) is 2.00. The summed E-state index contributed by atoms with van der Waals surface area (Å²) in [5.74, 6) is -2.01. The summed E-state index contributed by atoms with van der Waals surface area (Å²) in [6.07, 6.45) is -18.9. The molecule has 0 aliphatic heterocycles. The molecule has 0 aromatic heterocycles. The number of carbonyl (C=O) groups excluding carboxylic acids is 2. The molecule has 1 N–H and O–H groups in total. The standard InChI is InChI=1S/C11H16F4O4.C4H4F6O/c1-4-10(2,3)9(17)18-6-5-7(16)19-8(12)11(13,14)15;5-1-3(11,2(6)7)4(8,9)10/h8H,4-6H2,1-3H3;2,11H,1H2. The predicted octanol–water partition coefficient (Wildman–Crippen LogP) is 4.27. The van der Waals surface area contributed by atoms with Gasteiger partial charge in [-0.3, -0.25) is 9.59 Å². The molecule has 0 bridgehead atoms. The Morgan fingerprint density at radius 1 is 1.00 bits per heavy atom. The van der Waals surface area contributed by atoms with Crippen molar-refractivity contribution in [2.45, 2.75) is 64.3 Å². The number of alkyl halides is 10. The van der Waals surface area contributed by atoms with Gasteiger partial charge in [-0.2, -0.15) is 30.7 Å². The molecule has 30 heavy (non-hydrogen) atoms. The first-order valence-corrected chi connectivity index (χ1v) is 7.97. The normalized spacial score (nSPS) is 15.6. The van der Waals surface area contributed by atoms with Gasteiger partial charge in [0.05, 0.1) is 11.8 Å². The lowest BCUT2D eigenvalue weighted by atomic mass is 9.91. The van der Waals surface area contributed by atoms with E-state index in [1.54, 1.807) is 20.8 Å². The van der Waals surface area contributed by atoms with Gasteiger partial charge in [-0.15, -0.1) is 0 Å². The fourth-order valence-electron chi connectivity index (χ4n) is 1.07. The first-order chi connectivity index (χ1) is 13.3. The third-order valence-corrected chi connectivity index (χ3v) is 3.52. The van der Waals surface area contributed by atoms with E-state index in [0.29, 0.717) is 6.42 Å². The summed E-state index contributed by atoms with van der Waals surface area (Å²) in [7, 11) is 0. The third kappa shape index (κ3) is 9.80. The van der Waals surface area contributed by atoms with E-state index in [1.165, 1.54) is 0 Å². The second kappa shape index (κ2) is 11.6. The van der Waals surface area contributed by atoms with Gasteiger partial charge in [-0.05, 0) is 20.3 Å². The Morgan fingerprint density at radius 3 is 1.73 bits per heavy atom. The van der Waals surface area contributed by atoms with Crippen LogP contribution in [0, 0.1) is 5.41 Å². The quantitative estimate of drug-likeness (QED) is 0.424. The van der Waals surface area contributed by atoms with E-state index in [0.717, 1.165) is 0 Å². The monoisotopic (exact) mass is 470 g/mol. The largest absolute Gasteiger partial charge is 0.465 e. The van der Waals surface area contributed by atoms with Crippen molar-refractivity contribution in [2.24, 2.45) is 5.41 Å². The first-order valence-electron chi connectivity index (χ1n) is 7.97.